The molecule has 0 bridgehead atoms. The average molecular weight is 1120 g/mol. The number of hydrogen-bond acceptors (Lipinski definition) is 4. The molecule has 0 saturated carbocycles. The summed E-state index contributed by atoms with van der Waals surface area (Å²) in [6.45, 7) is 32.9. The van der Waals surface area contributed by atoms with Crippen molar-refractivity contribution < 1.29 is 4.74 Å². The smallest absolute Gasteiger partial charge is 0.137 e. The van der Waals surface area contributed by atoms with Gasteiger partial charge in [-0.25, -0.2) is 4.98 Å². The fraction of sp³-hybridized carbons (Fsp3) is 0.263. The summed E-state index contributed by atoms with van der Waals surface area (Å²) in [7, 11) is 0. The van der Waals surface area contributed by atoms with Gasteiger partial charge in [0.1, 0.15) is 24.0 Å². The van der Waals surface area contributed by atoms with Crippen molar-refractivity contribution in [1.29, 1.82) is 0 Å². The summed E-state index contributed by atoms with van der Waals surface area (Å²) < 4.78 is 9.69. The molecule has 0 unspecified atom stereocenters. The van der Waals surface area contributed by atoms with Gasteiger partial charge in [-0.05, 0) is 162 Å². The molecule has 85 heavy (non-hydrogen) atoms. The van der Waals surface area contributed by atoms with E-state index in [2.05, 4.69) is 324 Å². The second-order valence-corrected chi connectivity index (χ2v) is 27.4. The maximum absolute atomic E-state index is 7.36. The van der Waals surface area contributed by atoms with E-state index in [0.29, 0.717) is 18.5 Å². The van der Waals surface area contributed by atoms with Crippen molar-refractivity contribution in [3.05, 3.63) is 263 Å². The number of pyridine rings is 1. The Morgan fingerprint density at radius 3 is 1.58 bits per heavy atom. The molecule has 1 aliphatic heterocycles. The third kappa shape index (κ3) is 10.7. The van der Waals surface area contributed by atoms with Gasteiger partial charge in [0, 0.05) is 51.3 Å². The first-order valence-electron chi connectivity index (χ1n) is 30.6. The van der Waals surface area contributed by atoms with E-state index >= 15 is 0 Å². The predicted octanol–water partition coefficient (Wildman–Crippen LogP) is 22.0. The van der Waals surface area contributed by atoms with E-state index in [-0.39, 0.29) is 16.2 Å². The lowest BCUT2D eigenvalue weighted by Gasteiger charge is -2.30. The maximum atomic E-state index is 7.36. The average Bonchev–Trinajstić information content (AvgIpc) is 2.30. The zero-order chi connectivity index (χ0) is 59.7. The predicted molar refractivity (Wildman–Crippen MR) is 361 cm³/mol. The van der Waals surface area contributed by atoms with Gasteiger partial charge < -0.3 is 14.5 Å². The first-order chi connectivity index (χ1) is 40.5. The van der Waals surface area contributed by atoms with Gasteiger partial charge in [-0.15, -0.1) is 0 Å². The normalized spacial score (nSPS) is 13.2. The quantitative estimate of drug-likeness (QED) is 0.115. The van der Waals surface area contributed by atoms with Gasteiger partial charge >= 0.3 is 0 Å². The van der Waals surface area contributed by atoms with Crippen molar-refractivity contribution in [3.8, 4) is 39.6 Å². The Kier molecular flexibility index (Phi) is 14.5. The SMILES string of the molecule is CC(C)c1cccc(C(C)C)c1-c1ccc2c(c1)N(c1cc(Oc3ccc4c5cc(C(C)(C)C)ccc5n(-c5cc(C(C)(C)C)ccn5)c4c3)cc(C(C)(C)c3ccccc3)c1)CN2c1cc(-c2ccccc2)cc(C(C)(C)c2ccccc2)c1. The first kappa shape index (κ1) is 56.8. The van der Waals surface area contributed by atoms with E-state index in [1.807, 2.05) is 6.20 Å². The lowest BCUT2D eigenvalue weighted by molar-refractivity contribution is 0.480. The molecule has 3 heterocycles. The van der Waals surface area contributed by atoms with Gasteiger partial charge in [0.25, 0.3) is 0 Å². The van der Waals surface area contributed by atoms with Crippen LogP contribution in [0.15, 0.2) is 219 Å². The molecule has 1 aliphatic rings. The Labute approximate surface area is 505 Å². The van der Waals surface area contributed by atoms with E-state index in [9.17, 15) is 0 Å². The third-order valence-corrected chi connectivity index (χ3v) is 18.2. The lowest BCUT2D eigenvalue weighted by Crippen LogP contribution is -2.26. The molecule has 5 nitrogen and oxygen atoms in total. The number of benzene rings is 9. The van der Waals surface area contributed by atoms with Gasteiger partial charge in [0.05, 0.1) is 22.4 Å². The Bertz CT molecular complexity index is 4240. The molecule has 0 amide bonds. The number of nitrogens with zero attached hydrogens (tertiary/aromatic N) is 4. The lowest BCUT2D eigenvalue weighted by atomic mass is 9.77. The maximum Gasteiger partial charge on any atom is 0.137 e. The fourth-order valence-corrected chi connectivity index (χ4v) is 12.8. The van der Waals surface area contributed by atoms with Crippen LogP contribution in [0.1, 0.15) is 153 Å². The standard InChI is InChI=1S/C80H82N4O/c1-52(2)67-31-24-32-68(53(3)4)76(67)55-33-37-72-74(43-55)83(51-82(72)63-42-56(54-25-18-15-19-26-54)41-61(44-63)79(11,12)57-27-20-16-21-28-57)64-45-62(80(13,14)58-29-22-17-23-30-58)46-66(49-64)85-65-35-36-69-70-47-59(77(5,6)7)34-38-71(70)84(73(69)50-65)75-48-60(39-40-81-75)78(8,9)10/h15-50,52-53H,51H2,1-14H3. The van der Waals surface area contributed by atoms with Crippen LogP contribution in [0.5, 0.6) is 11.5 Å². The first-order valence-corrected chi connectivity index (χ1v) is 30.6. The summed E-state index contributed by atoms with van der Waals surface area (Å²) in [6, 6.07) is 78.9. The molecule has 0 aliphatic carbocycles. The Balaban J connectivity index is 1.06. The second kappa shape index (κ2) is 21.8. The molecule has 428 valence electrons. The van der Waals surface area contributed by atoms with E-state index in [0.717, 1.165) is 62.0 Å². The highest BCUT2D eigenvalue weighted by Gasteiger charge is 2.34. The number of rotatable bonds is 13. The van der Waals surface area contributed by atoms with Crippen LogP contribution in [0, 0.1) is 0 Å². The zero-order valence-corrected chi connectivity index (χ0v) is 52.3. The van der Waals surface area contributed by atoms with Gasteiger partial charge in [0.15, 0.2) is 0 Å². The molecule has 0 fully saturated rings. The summed E-state index contributed by atoms with van der Waals surface area (Å²) in [5.74, 6) is 3.08. The highest BCUT2D eigenvalue weighted by Crippen LogP contribution is 2.51. The van der Waals surface area contributed by atoms with Crippen molar-refractivity contribution in [2.75, 3.05) is 16.5 Å². The number of hydrogen-bond donors (Lipinski definition) is 0. The number of aromatic nitrogens is 2. The van der Waals surface area contributed by atoms with E-state index < -0.39 is 5.41 Å². The van der Waals surface area contributed by atoms with Crippen molar-refractivity contribution >= 4 is 44.6 Å². The van der Waals surface area contributed by atoms with Gasteiger partial charge in [0.2, 0.25) is 0 Å². The molecular formula is C80H82N4O. The van der Waals surface area contributed by atoms with Crippen LogP contribution in [0.2, 0.25) is 0 Å². The van der Waals surface area contributed by atoms with Crippen molar-refractivity contribution in [2.45, 2.75) is 130 Å². The highest BCUT2D eigenvalue weighted by atomic mass is 16.5. The molecule has 0 radical (unpaired) electrons. The summed E-state index contributed by atoms with van der Waals surface area (Å²) in [6.07, 6.45) is 1.95. The molecular weight excluding hydrogens is 1030 g/mol. The number of ether oxygens (including phenoxy) is 1. The molecule has 0 N–H and O–H groups in total. The van der Waals surface area contributed by atoms with Crippen LogP contribution in [-0.4, -0.2) is 16.2 Å². The Morgan fingerprint density at radius 1 is 0.388 bits per heavy atom. The number of anilines is 4. The third-order valence-electron chi connectivity index (χ3n) is 18.2. The minimum atomic E-state index is -0.394. The van der Waals surface area contributed by atoms with Gasteiger partial charge in [-0.3, -0.25) is 4.57 Å². The van der Waals surface area contributed by atoms with Crippen LogP contribution >= 0.6 is 0 Å². The van der Waals surface area contributed by atoms with Gasteiger partial charge in [-0.1, -0.05) is 224 Å². The van der Waals surface area contributed by atoms with Crippen LogP contribution in [0.25, 0.3) is 49.9 Å². The van der Waals surface area contributed by atoms with Gasteiger partial charge in [-0.2, -0.15) is 0 Å². The molecule has 2 aromatic heterocycles. The second-order valence-electron chi connectivity index (χ2n) is 27.4. The Morgan fingerprint density at radius 2 is 0.965 bits per heavy atom. The zero-order valence-electron chi connectivity index (χ0n) is 52.3. The molecule has 9 aromatic carbocycles. The van der Waals surface area contributed by atoms with E-state index in [1.165, 1.54) is 66.6 Å². The largest absolute Gasteiger partial charge is 0.457 e. The number of fused-ring (bicyclic) bond motifs is 4. The highest BCUT2D eigenvalue weighted by molar-refractivity contribution is 6.10. The van der Waals surface area contributed by atoms with Crippen LogP contribution < -0.4 is 14.5 Å². The molecule has 5 heteroatoms. The summed E-state index contributed by atoms with van der Waals surface area (Å²) >= 11 is 0. The van der Waals surface area contributed by atoms with Crippen molar-refractivity contribution in [2.24, 2.45) is 0 Å². The minimum Gasteiger partial charge on any atom is -0.457 e. The topological polar surface area (TPSA) is 33.5 Å². The molecule has 0 spiro atoms. The van der Waals surface area contributed by atoms with Crippen LogP contribution in [0.3, 0.4) is 0 Å². The van der Waals surface area contributed by atoms with Crippen LogP contribution in [0.4, 0.5) is 22.7 Å². The van der Waals surface area contributed by atoms with Crippen LogP contribution in [-0.2, 0) is 21.7 Å². The summed E-state index contributed by atoms with van der Waals surface area (Å²) in [5, 5.41) is 2.36. The molecule has 11 aromatic rings. The minimum absolute atomic E-state index is 0.0230. The fourth-order valence-electron chi connectivity index (χ4n) is 12.8. The summed E-state index contributed by atoms with van der Waals surface area (Å²) in [4.78, 5) is 10.1. The van der Waals surface area contributed by atoms with Crippen molar-refractivity contribution in [3.63, 3.8) is 0 Å². The van der Waals surface area contributed by atoms with E-state index in [1.54, 1.807) is 0 Å². The Hall–Kier alpha value is -8.67. The molecule has 0 saturated heterocycles. The summed E-state index contributed by atoms with van der Waals surface area (Å²) in [5.41, 5.74) is 21.0. The monoisotopic (exact) mass is 1110 g/mol. The van der Waals surface area contributed by atoms with E-state index in [4.69, 9.17) is 9.72 Å². The molecule has 0 atom stereocenters. The molecule has 12 rings (SSSR count). The van der Waals surface area contributed by atoms with Crippen molar-refractivity contribution in [1.82, 2.24) is 9.55 Å².